The Morgan fingerprint density at radius 1 is 1.03 bits per heavy atom. The third-order valence-corrected chi connectivity index (χ3v) is 5.48. The van der Waals surface area contributed by atoms with E-state index in [0.717, 1.165) is 22.4 Å². The predicted molar refractivity (Wildman–Crippen MR) is 125 cm³/mol. The van der Waals surface area contributed by atoms with Crippen molar-refractivity contribution in [3.05, 3.63) is 64.7 Å². The van der Waals surface area contributed by atoms with Crippen LogP contribution < -0.4 is 10.1 Å². The first-order chi connectivity index (χ1) is 14.7. The van der Waals surface area contributed by atoms with Crippen LogP contribution in [0.1, 0.15) is 49.4 Å². The van der Waals surface area contributed by atoms with Gasteiger partial charge >= 0.3 is 0 Å². The largest absolute Gasteiger partial charge is 0.497 e. The lowest BCUT2D eigenvalue weighted by molar-refractivity contribution is -0.141. The molecule has 0 aliphatic rings. The van der Waals surface area contributed by atoms with Gasteiger partial charge in [0.05, 0.1) is 13.5 Å². The van der Waals surface area contributed by atoms with Crippen molar-refractivity contribution in [2.24, 2.45) is 5.92 Å². The Kier molecular flexibility index (Phi) is 9.10. The number of rotatable bonds is 10. The Balaban J connectivity index is 2.30. The molecule has 0 spiro atoms. The number of ether oxygens (including phenoxy) is 1. The van der Waals surface area contributed by atoms with Crippen LogP contribution in [0.2, 0.25) is 0 Å². The zero-order valence-corrected chi connectivity index (χ0v) is 19.7. The SMILES string of the molecule is CC[C@@H](C(=O)NCC(C)C)N(Cc1cccc(OC)c1)C(=O)Cc1ccc(C)c(C)c1. The number of nitrogens with zero attached hydrogens (tertiary/aromatic N) is 1. The maximum atomic E-state index is 13.4. The molecule has 0 saturated carbocycles. The minimum atomic E-state index is -0.524. The van der Waals surface area contributed by atoms with Crippen LogP contribution in [-0.2, 0) is 22.6 Å². The number of carbonyl (C=O) groups excluding carboxylic acids is 2. The first-order valence-corrected chi connectivity index (χ1v) is 11.0. The summed E-state index contributed by atoms with van der Waals surface area (Å²) in [5.74, 6) is 0.918. The van der Waals surface area contributed by atoms with Gasteiger partial charge < -0.3 is 15.0 Å². The van der Waals surface area contributed by atoms with E-state index in [4.69, 9.17) is 4.74 Å². The molecule has 0 aliphatic carbocycles. The van der Waals surface area contributed by atoms with Crippen LogP contribution >= 0.6 is 0 Å². The molecule has 2 rings (SSSR count). The summed E-state index contributed by atoms with van der Waals surface area (Å²) >= 11 is 0. The molecule has 2 aromatic rings. The molecule has 0 fully saturated rings. The fourth-order valence-corrected chi connectivity index (χ4v) is 3.50. The zero-order chi connectivity index (χ0) is 23.0. The van der Waals surface area contributed by atoms with Gasteiger partial charge in [0.1, 0.15) is 11.8 Å². The van der Waals surface area contributed by atoms with Crippen LogP contribution in [0.4, 0.5) is 0 Å². The number of benzene rings is 2. The third kappa shape index (κ3) is 7.12. The van der Waals surface area contributed by atoms with Crippen LogP contribution in [-0.4, -0.2) is 36.4 Å². The third-order valence-electron chi connectivity index (χ3n) is 5.48. The fourth-order valence-electron chi connectivity index (χ4n) is 3.50. The molecule has 0 bridgehead atoms. The summed E-state index contributed by atoms with van der Waals surface area (Å²) in [6.07, 6.45) is 0.811. The summed E-state index contributed by atoms with van der Waals surface area (Å²) in [5.41, 5.74) is 4.25. The van der Waals surface area contributed by atoms with Crippen LogP contribution in [0.3, 0.4) is 0 Å². The highest BCUT2D eigenvalue weighted by Crippen LogP contribution is 2.19. The number of aryl methyl sites for hydroxylation is 2. The van der Waals surface area contributed by atoms with Crippen molar-refractivity contribution in [2.45, 2.75) is 60.0 Å². The molecular weight excluding hydrogens is 388 g/mol. The number of nitrogens with one attached hydrogen (secondary N) is 1. The Labute approximate surface area is 186 Å². The van der Waals surface area contributed by atoms with E-state index in [-0.39, 0.29) is 18.2 Å². The van der Waals surface area contributed by atoms with Gasteiger partial charge in [0.25, 0.3) is 0 Å². The van der Waals surface area contributed by atoms with Crippen molar-refractivity contribution in [2.75, 3.05) is 13.7 Å². The molecule has 5 nitrogen and oxygen atoms in total. The second-order valence-corrected chi connectivity index (χ2v) is 8.53. The van der Waals surface area contributed by atoms with Gasteiger partial charge in [-0.2, -0.15) is 0 Å². The van der Waals surface area contributed by atoms with Gasteiger partial charge in [0.15, 0.2) is 0 Å². The monoisotopic (exact) mass is 424 g/mol. The molecule has 0 saturated heterocycles. The predicted octanol–water partition coefficient (Wildman–Crippen LogP) is 4.43. The van der Waals surface area contributed by atoms with Crippen LogP contribution in [0.25, 0.3) is 0 Å². The molecule has 2 aromatic carbocycles. The lowest BCUT2D eigenvalue weighted by Gasteiger charge is -2.31. The highest BCUT2D eigenvalue weighted by atomic mass is 16.5. The lowest BCUT2D eigenvalue weighted by Crippen LogP contribution is -2.50. The van der Waals surface area contributed by atoms with Gasteiger partial charge in [0, 0.05) is 13.1 Å². The summed E-state index contributed by atoms with van der Waals surface area (Å²) in [6, 6.07) is 13.2. The second kappa shape index (κ2) is 11.5. The van der Waals surface area contributed by atoms with Crippen molar-refractivity contribution in [3.8, 4) is 5.75 Å². The summed E-state index contributed by atoms with van der Waals surface area (Å²) < 4.78 is 5.33. The van der Waals surface area contributed by atoms with Crippen LogP contribution in [0.5, 0.6) is 5.75 Å². The van der Waals surface area contributed by atoms with E-state index in [1.165, 1.54) is 5.56 Å². The maximum absolute atomic E-state index is 13.4. The van der Waals surface area contributed by atoms with E-state index < -0.39 is 6.04 Å². The molecule has 168 valence electrons. The van der Waals surface area contributed by atoms with E-state index in [2.05, 4.69) is 32.2 Å². The minimum Gasteiger partial charge on any atom is -0.497 e. The van der Waals surface area contributed by atoms with Gasteiger partial charge in [-0.3, -0.25) is 9.59 Å². The number of carbonyl (C=O) groups is 2. The van der Waals surface area contributed by atoms with Crippen molar-refractivity contribution in [1.82, 2.24) is 10.2 Å². The molecular formula is C26H36N2O3. The van der Waals surface area contributed by atoms with E-state index >= 15 is 0 Å². The van der Waals surface area contributed by atoms with Crippen LogP contribution in [0, 0.1) is 19.8 Å². The molecule has 0 radical (unpaired) electrons. The van der Waals surface area contributed by atoms with E-state index in [0.29, 0.717) is 25.4 Å². The first-order valence-electron chi connectivity index (χ1n) is 11.0. The van der Waals surface area contributed by atoms with E-state index in [1.807, 2.05) is 50.2 Å². The van der Waals surface area contributed by atoms with Gasteiger partial charge in [-0.15, -0.1) is 0 Å². The van der Waals surface area contributed by atoms with Crippen molar-refractivity contribution in [3.63, 3.8) is 0 Å². The molecule has 1 atom stereocenters. The molecule has 0 aromatic heterocycles. The molecule has 5 heteroatoms. The normalized spacial score (nSPS) is 11.8. The topological polar surface area (TPSA) is 58.6 Å². The molecule has 0 aliphatic heterocycles. The molecule has 0 heterocycles. The Morgan fingerprint density at radius 3 is 2.39 bits per heavy atom. The van der Waals surface area contributed by atoms with Crippen molar-refractivity contribution >= 4 is 11.8 Å². The summed E-state index contributed by atoms with van der Waals surface area (Å²) in [7, 11) is 1.62. The van der Waals surface area contributed by atoms with Gasteiger partial charge in [-0.05, 0) is 60.6 Å². The Hall–Kier alpha value is -2.82. The number of methoxy groups -OCH3 is 1. The van der Waals surface area contributed by atoms with Crippen molar-refractivity contribution < 1.29 is 14.3 Å². The highest BCUT2D eigenvalue weighted by Gasteiger charge is 2.28. The number of hydrogen-bond donors (Lipinski definition) is 1. The van der Waals surface area contributed by atoms with Gasteiger partial charge in [-0.1, -0.05) is 51.1 Å². The first kappa shape index (κ1) is 24.4. The van der Waals surface area contributed by atoms with Gasteiger partial charge in [-0.25, -0.2) is 0 Å². The summed E-state index contributed by atoms with van der Waals surface area (Å²) in [4.78, 5) is 28.1. The number of amides is 2. The lowest BCUT2D eigenvalue weighted by atomic mass is 10.0. The van der Waals surface area contributed by atoms with Crippen LogP contribution in [0.15, 0.2) is 42.5 Å². The minimum absolute atomic E-state index is 0.0578. The molecule has 2 amide bonds. The Morgan fingerprint density at radius 2 is 1.77 bits per heavy atom. The molecule has 0 unspecified atom stereocenters. The highest BCUT2D eigenvalue weighted by molar-refractivity contribution is 5.88. The van der Waals surface area contributed by atoms with E-state index in [1.54, 1.807) is 12.0 Å². The smallest absolute Gasteiger partial charge is 0.242 e. The second-order valence-electron chi connectivity index (χ2n) is 8.53. The quantitative estimate of drug-likeness (QED) is 0.614. The number of hydrogen-bond acceptors (Lipinski definition) is 3. The maximum Gasteiger partial charge on any atom is 0.242 e. The summed E-state index contributed by atoms with van der Waals surface area (Å²) in [6.45, 7) is 11.1. The fraction of sp³-hybridized carbons (Fsp3) is 0.462. The summed E-state index contributed by atoms with van der Waals surface area (Å²) in [5, 5.41) is 3.00. The average Bonchev–Trinajstić information content (AvgIpc) is 2.74. The standard InChI is InChI=1S/C26H36N2O3/c1-7-24(26(30)27-16-18(2)3)28(17-22-9-8-10-23(14-22)31-6)25(29)15-21-12-11-19(4)20(5)13-21/h8-14,18,24H,7,15-17H2,1-6H3,(H,27,30)/t24-/m0/s1. The molecule has 31 heavy (non-hydrogen) atoms. The van der Waals surface area contributed by atoms with Crippen molar-refractivity contribution in [1.29, 1.82) is 0 Å². The zero-order valence-electron chi connectivity index (χ0n) is 19.7. The Bertz CT molecular complexity index is 892. The van der Waals surface area contributed by atoms with E-state index in [9.17, 15) is 9.59 Å². The van der Waals surface area contributed by atoms with Gasteiger partial charge in [0.2, 0.25) is 11.8 Å². The molecule has 1 N–H and O–H groups in total. The average molecular weight is 425 g/mol.